The van der Waals surface area contributed by atoms with Gasteiger partial charge in [-0.25, -0.2) is 0 Å². The Morgan fingerprint density at radius 1 is 1.40 bits per heavy atom. The lowest BCUT2D eigenvalue weighted by Crippen LogP contribution is -2.48. The summed E-state index contributed by atoms with van der Waals surface area (Å²) in [6, 6.07) is 6.22. The molecule has 0 saturated carbocycles. The normalized spacial score (nSPS) is 25.4. The lowest BCUT2D eigenvalue weighted by molar-refractivity contribution is -0.0801. The number of morpholine rings is 1. The fourth-order valence-corrected chi connectivity index (χ4v) is 3.29. The van der Waals surface area contributed by atoms with Crippen LogP contribution in [0.2, 0.25) is 0 Å². The number of halogens is 1. The van der Waals surface area contributed by atoms with Crippen molar-refractivity contribution in [3.8, 4) is 5.75 Å². The average molecular weight is 343 g/mol. The van der Waals surface area contributed by atoms with Crippen molar-refractivity contribution in [3.63, 3.8) is 0 Å². The second-order valence-electron chi connectivity index (χ2n) is 5.35. The fraction of sp³-hybridized carbons (Fsp3) is 0.600. The average Bonchev–Trinajstić information content (AvgIpc) is 2.39. The molecule has 1 aromatic carbocycles. The number of hydrogen-bond acceptors (Lipinski definition) is 4. The van der Waals surface area contributed by atoms with Crippen molar-refractivity contribution in [2.24, 2.45) is 5.73 Å². The van der Waals surface area contributed by atoms with Crippen molar-refractivity contribution in [1.29, 1.82) is 0 Å². The van der Waals surface area contributed by atoms with Crippen LogP contribution in [-0.4, -0.2) is 43.9 Å². The van der Waals surface area contributed by atoms with Crippen LogP contribution in [0.4, 0.5) is 0 Å². The van der Waals surface area contributed by atoms with Gasteiger partial charge in [0.05, 0.1) is 25.4 Å². The smallest absolute Gasteiger partial charge is 0.123 e. The minimum atomic E-state index is 0.149. The first-order valence-corrected chi connectivity index (χ1v) is 7.77. The summed E-state index contributed by atoms with van der Waals surface area (Å²) < 4.78 is 12.3. The van der Waals surface area contributed by atoms with Gasteiger partial charge in [0.1, 0.15) is 5.75 Å². The summed E-state index contributed by atoms with van der Waals surface area (Å²) in [5, 5.41) is 0. The molecule has 0 aliphatic carbocycles. The molecule has 0 radical (unpaired) electrons. The summed E-state index contributed by atoms with van der Waals surface area (Å²) in [5.41, 5.74) is 7.18. The van der Waals surface area contributed by atoms with Crippen LogP contribution in [0.15, 0.2) is 22.7 Å². The highest BCUT2D eigenvalue weighted by Crippen LogP contribution is 2.33. The zero-order valence-corrected chi connectivity index (χ0v) is 13.9. The predicted octanol–water partition coefficient (Wildman–Crippen LogP) is 2.57. The number of methoxy groups -OCH3 is 1. The molecular weight excluding hydrogens is 320 g/mol. The molecule has 0 spiro atoms. The maximum absolute atomic E-state index is 6.05. The Morgan fingerprint density at radius 2 is 2.05 bits per heavy atom. The predicted molar refractivity (Wildman–Crippen MR) is 84.1 cm³/mol. The summed E-state index contributed by atoms with van der Waals surface area (Å²) >= 11 is 3.53. The van der Waals surface area contributed by atoms with E-state index in [4.69, 9.17) is 15.2 Å². The Balaban J connectivity index is 2.29. The van der Waals surface area contributed by atoms with Gasteiger partial charge in [0.2, 0.25) is 0 Å². The van der Waals surface area contributed by atoms with Gasteiger partial charge in [-0.2, -0.15) is 0 Å². The van der Waals surface area contributed by atoms with Crippen LogP contribution in [-0.2, 0) is 4.74 Å². The van der Waals surface area contributed by atoms with E-state index in [1.54, 1.807) is 7.11 Å². The molecule has 1 aliphatic rings. The van der Waals surface area contributed by atoms with E-state index in [2.05, 4.69) is 40.7 Å². The van der Waals surface area contributed by atoms with E-state index < -0.39 is 0 Å². The largest absolute Gasteiger partial charge is 0.496 e. The molecule has 112 valence electrons. The second-order valence-corrected chi connectivity index (χ2v) is 6.26. The van der Waals surface area contributed by atoms with Gasteiger partial charge in [0.25, 0.3) is 0 Å². The van der Waals surface area contributed by atoms with E-state index >= 15 is 0 Å². The van der Waals surface area contributed by atoms with Crippen molar-refractivity contribution in [1.82, 2.24) is 4.90 Å². The first-order chi connectivity index (χ1) is 9.55. The number of rotatable bonds is 4. The molecule has 4 nitrogen and oxygen atoms in total. The molecule has 3 unspecified atom stereocenters. The maximum atomic E-state index is 6.05. The lowest BCUT2D eigenvalue weighted by atomic mass is 10.0. The van der Waals surface area contributed by atoms with Crippen LogP contribution in [0.3, 0.4) is 0 Å². The molecule has 0 aromatic heterocycles. The van der Waals surface area contributed by atoms with Crippen molar-refractivity contribution < 1.29 is 9.47 Å². The monoisotopic (exact) mass is 342 g/mol. The van der Waals surface area contributed by atoms with Gasteiger partial charge in [0, 0.05) is 29.7 Å². The molecule has 1 fully saturated rings. The molecule has 1 heterocycles. The molecule has 5 heteroatoms. The lowest BCUT2D eigenvalue weighted by Gasteiger charge is -2.40. The third-order valence-corrected chi connectivity index (χ3v) is 4.16. The SMILES string of the molecule is COc1ccc(Br)cc1C(CN)N1CC(C)OC(C)C1. The van der Waals surface area contributed by atoms with Gasteiger partial charge >= 0.3 is 0 Å². The summed E-state index contributed by atoms with van der Waals surface area (Å²) in [6.45, 7) is 6.55. The topological polar surface area (TPSA) is 47.7 Å². The standard InChI is InChI=1S/C15H23BrN2O2/c1-10-8-18(9-11(2)20-10)14(7-17)13-6-12(16)4-5-15(13)19-3/h4-6,10-11,14H,7-9,17H2,1-3H3. The molecule has 0 bridgehead atoms. The Bertz CT molecular complexity index is 445. The zero-order valence-electron chi connectivity index (χ0n) is 12.3. The quantitative estimate of drug-likeness (QED) is 0.913. The number of nitrogens with two attached hydrogens (primary N) is 1. The minimum absolute atomic E-state index is 0.149. The number of nitrogens with zero attached hydrogens (tertiary/aromatic N) is 1. The summed E-state index contributed by atoms with van der Waals surface area (Å²) in [6.07, 6.45) is 0.455. The highest BCUT2D eigenvalue weighted by molar-refractivity contribution is 9.10. The van der Waals surface area contributed by atoms with Gasteiger partial charge in [-0.15, -0.1) is 0 Å². The molecule has 2 rings (SSSR count). The van der Waals surface area contributed by atoms with E-state index in [0.29, 0.717) is 6.54 Å². The first-order valence-electron chi connectivity index (χ1n) is 6.98. The molecule has 1 aromatic rings. The first kappa shape index (κ1) is 15.8. The van der Waals surface area contributed by atoms with E-state index in [1.165, 1.54) is 0 Å². The Hall–Kier alpha value is -0.620. The summed E-state index contributed by atoms with van der Waals surface area (Å²) in [7, 11) is 1.70. The number of benzene rings is 1. The Morgan fingerprint density at radius 3 is 2.60 bits per heavy atom. The van der Waals surface area contributed by atoms with Crippen molar-refractivity contribution in [2.75, 3.05) is 26.7 Å². The molecule has 2 N–H and O–H groups in total. The van der Waals surface area contributed by atoms with Crippen molar-refractivity contribution in [3.05, 3.63) is 28.2 Å². The molecule has 1 saturated heterocycles. The summed E-state index contributed by atoms with van der Waals surface area (Å²) in [5.74, 6) is 0.885. The van der Waals surface area contributed by atoms with Crippen LogP contribution < -0.4 is 10.5 Å². The molecule has 20 heavy (non-hydrogen) atoms. The summed E-state index contributed by atoms with van der Waals surface area (Å²) in [4.78, 5) is 2.39. The van der Waals surface area contributed by atoms with Gasteiger partial charge in [-0.1, -0.05) is 15.9 Å². The maximum Gasteiger partial charge on any atom is 0.123 e. The Kier molecular flexibility index (Phi) is 5.43. The Labute approximate surface area is 129 Å². The van der Waals surface area contributed by atoms with Crippen LogP contribution in [0.25, 0.3) is 0 Å². The van der Waals surface area contributed by atoms with Crippen molar-refractivity contribution >= 4 is 15.9 Å². The van der Waals surface area contributed by atoms with Gasteiger partial charge in [-0.3, -0.25) is 4.90 Å². The second kappa shape index (κ2) is 6.89. The van der Waals surface area contributed by atoms with Gasteiger partial charge in [0.15, 0.2) is 0 Å². The van der Waals surface area contributed by atoms with Crippen LogP contribution in [0, 0.1) is 0 Å². The third-order valence-electron chi connectivity index (χ3n) is 3.66. The highest BCUT2D eigenvalue weighted by atomic mass is 79.9. The molecule has 0 amide bonds. The van der Waals surface area contributed by atoms with Gasteiger partial charge in [-0.05, 0) is 32.0 Å². The van der Waals surface area contributed by atoms with Crippen LogP contribution in [0.1, 0.15) is 25.5 Å². The number of ether oxygens (including phenoxy) is 2. The van der Waals surface area contributed by atoms with Crippen LogP contribution in [0.5, 0.6) is 5.75 Å². The van der Waals surface area contributed by atoms with E-state index in [9.17, 15) is 0 Å². The third kappa shape index (κ3) is 3.52. The molecule has 3 atom stereocenters. The minimum Gasteiger partial charge on any atom is -0.496 e. The van der Waals surface area contributed by atoms with E-state index in [1.807, 2.05) is 12.1 Å². The molecule has 1 aliphatic heterocycles. The fourth-order valence-electron chi connectivity index (χ4n) is 2.91. The van der Waals surface area contributed by atoms with Crippen LogP contribution >= 0.6 is 15.9 Å². The van der Waals surface area contributed by atoms with E-state index in [0.717, 1.165) is 28.9 Å². The molecular formula is C15H23BrN2O2. The number of hydrogen-bond donors (Lipinski definition) is 1. The highest BCUT2D eigenvalue weighted by Gasteiger charge is 2.29. The van der Waals surface area contributed by atoms with Gasteiger partial charge < -0.3 is 15.2 Å². The van der Waals surface area contributed by atoms with E-state index in [-0.39, 0.29) is 18.2 Å². The van der Waals surface area contributed by atoms with Crippen molar-refractivity contribution in [2.45, 2.75) is 32.1 Å². The zero-order chi connectivity index (χ0) is 14.7.